The highest BCUT2D eigenvalue weighted by atomic mass is 16.6. The molecular formula is C25H31N3O3. The minimum absolute atomic E-state index is 0.00943. The number of carbonyl (C=O) groups is 1. The van der Waals surface area contributed by atoms with Crippen LogP contribution in [0.5, 0.6) is 0 Å². The fraction of sp³-hybridized carbons (Fsp3) is 0.440. The molecule has 31 heavy (non-hydrogen) atoms. The van der Waals surface area contributed by atoms with Crippen molar-refractivity contribution in [3.8, 4) is 11.1 Å². The first kappa shape index (κ1) is 21.4. The van der Waals surface area contributed by atoms with Crippen LogP contribution in [0.2, 0.25) is 0 Å². The smallest absolute Gasteiger partial charge is 0.408 e. The van der Waals surface area contributed by atoms with Crippen molar-refractivity contribution < 1.29 is 14.3 Å². The first-order chi connectivity index (χ1) is 14.8. The highest BCUT2D eigenvalue weighted by molar-refractivity contribution is 5.91. The fourth-order valence-electron chi connectivity index (χ4n) is 4.00. The van der Waals surface area contributed by atoms with Crippen LogP contribution < -0.4 is 5.32 Å². The van der Waals surface area contributed by atoms with Gasteiger partial charge in [0.25, 0.3) is 0 Å². The molecule has 0 saturated carbocycles. The maximum Gasteiger partial charge on any atom is 0.408 e. The molecule has 6 heteroatoms. The monoisotopic (exact) mass is 421 g/mol. The largest absolute Gasteiger partial charge is 0.444 e. The molecule has 0 radical (unpaired) electrons. The number of ether oxygens (including phenoxy) is 2. The maximum atomic E-state index is 12.4. The van der Waals surface area contributed by atoms with Gasteiger partial charge in [-0.25, -0.2) is 9.48 Å². The van der Waals surface area contributed by atoms with Crippen LogP contribution in [0.3, 0.4) is 0 Å². The summed E-state index contributed by atoms with van der Waals surface area (Å²) in [6.07, 6.45) is 6.79. The zero-order chi connectivity index (χ0) is 22.0. The number of fused-ring (bicyclic) bond motifs is 1. The molecule has 0 bridgehead atoms. The average molecular weight is 422 g/mol. The summed E-state index contributed by atoms with van der Waals surface area (Å²) < 4.78 is 13.2. The first-order valence-corrected chi connectivity index (χ1v) is 11.0. The summed E-state index contributed by atoms with van der Waals surface area (Å²) in [5.74, 6) is 0. The minimum atomic E-state index is -0.538. The van der Waals surface area contributed by atoms with Gasteiger partial charge in [0.2, 0.25) is 0 Å². The number of rotatable bonds is 4. The van der Waals surface area contributed by atoms with E-state index in [1.54, 1.807) is 0 Å². The van der Waals surface area contributed by atoms with Gasteiger partial charge in [0, 0.05) is 18.4 Å². The molecule has 1 aliphatic heterocycles. The lowest BCUT2D eigenvalue weighted by Gasteiger charge is -2.23. The van der Waals surface area contributed by atoms with Crippen LogP contribution in [0.15, 0.2) is 48.8 Å². The lowest BCUT2D eigenvalue weighted by atomic mass is 9.95. The summed E-state index contributed by atoms with van der Waals surface area (Å²) in [7, 11) is 0. The third kappa shape index (κ3) is 5.07. The highest BCUT2D eigenvalue weighted by Gasteiger charge is 2.21. The second kappa shape index (κ2) is 8.71. The second-order valence-corrected chi connectivity index (χ2v) is 9.18. The number of hydrogen-bond acceptors (Lipinski definition) is 4. The molecule has 1 amide bonds. The number of amides is 1. The molecule has 1 aromatic heterocycles. The Hall–Kier alpha value is -2.86. The van der Waals surface area contributed by atoms with E-state index in [2.05, 4.69) is 40.9 Å². The predicted octanol–water partition coefficient (Wildman–Crippen LogP) is 5.99. The molecule has 1 aliphatic rings. The summed E-state index contributed by atoms with van der Waals surface area (Å²) in [5.41, 5.74) is 2.60. The maximum absolute atomic E-state index is 12.4. The number of carbonyl (C=O) groups excluding carboxylic acids is 1. The molecule has 3 aromatic rings. The van der Waals surface area contributed by atoms with Gasteiger partial charge in [0.1, 0.15) is 11.8 Å². The quantitative estimate of drug-likeness (QED) is 0.562. The Kier molecular flexibility index (Phi) is 6.01. The Balaban J connectivity index is 1.65. The summed E-state index contributed by atoms with van der Waals surface area (Å²) in [5, 5.41) is 9.77. The van der Waals surface area contributed by atoms with Gasteiger partial charge >= 0.3 is 6.09 Å². The average Bonchev–Trinajstić information content (AvgIpc) is 3.22. The van der Waals surface area contributed by atoms with Gasteiger partial charge in [-0.3, -0.25) is 0 Å². The van der Waals surface area contributed by atoms with Crippen molar-refractivity contribution in [2.75, 3.05) is 6.61 Å². The number of nitrogens with one attached hydrogen (secondary N) is 1. The molecule has 4 rings (SSSR count). The summed E-state index contributed by atoms with van der Waals surface area (Å²) in [6, 6.07) is 12.3. The van der Waals surface area contributed by atoms with E-state index in [4.69, 9.17) is 9.47 Å². The van der Waals surface area contributed by atoms with Gasteiger partial charge in [-0.05, 0) is 81.0 Å². The summed E-state index contributed by atoms with van der Waals surface area (Å²) in [6.45, 7) is 8.35. The number of nitrogens with zero attached hydrogens (tertiary/aromatic N) is 2. The van der Waals surface area contributed by atoms with E-state index in [1.807, 2.05) is 50.7 Å². The Labute approximate surface area is 183 Å². The first-order valence-electron chi connectivity index (χ1n) is 11.0. The molecule has 164 valence electrons. The summed E-state index contributed by atoms with van der Waals surface area (Å²) in [4.78, 5) is 12.4. The molecule has 1 N–H and O–H groups in total. The minimum Gasteiger partial charge on any atom is -0.444 e. The van der Waals surface area contributed by atoms with Crippen LogP contribution in [-0.2, 0) is 9.47 Å². The third-order valence-electron chi connectivity index (χ3n) is 5.48. The number of hydrogen-bond donors (Lipinski definition) is 1. The van der Waals surface area contributed by atoms with E-state index in [9.17, 15) is 4.79 Å². The molecule has 6 nitrogen and oxygen atoms in total. The van der Waals surface area contributed by atoms with Crippen molar-refractivity contribution in [2.45, 2.75) is 64.8 Å². The van der Waals surface area contributed by atoms with Gasteiger partial charge in [-0.15, -0.1) is 0 Å². The standard InChI is InChI=1S/C25H31N3O3/c1-17(27-24(29)31-25(2,3)4)22-14-19(13-18-9-5-6-10-21(18)22)20-15-26-28(16-20)23-11-7-8-12-30-23/h5-6,9-10,13-17,23H,7-8,11-12H2,1-4H3,(H,27,29). The normalized spacial score (nSPS) is 18.0. The van der Waals surface area contributed by atoms with Crippen LogP contribution in [-0.4, -0.2) is 28.1 Å². The SMILES string of the molecule is CC(NC(=O)OC(C)(C)C)c1cc(-c2cnn(C3CCCCO3)c2)cc2ccccc12. The van der Waals surface area contributed by atoms with Crippen LogP contribution in [0, 0.1) is 0 Å². The molecule has 0 aliphatic carbocycles. The topological polar surface area (TPSA) is 65.4 Å². The van der Waals surface area contributed by atoms with Gasteiger partial charge in [-0.1, -0.05) is 24.3 Å². The van der Waals surface area contributed by atoms with Crippen LogP contribution in [0.25, 0.3) is 21.9 Å². The predicted molar refractivity (Wildman–Crippen MR) is 122 cm³/mol. The molecule has 1 saturated heterocycles. The molecule has 1 fully saturated rings. The molecule has 2 atom stereocenters. The van der Waals surface area contributed by atoms with E-state index < -0.39 is 11.7 Å². The Morgan fingerprint density at radius 1 is 1.23 bits per heavy atom. The van der Waals surface area contributed by atoms with E-state index in [0.29, 0.717) is 0 Å². The van der Waals surface area contributed by atoms with E-state index in [0.717, 1.165) is 53.3 Å². The molecular weight excluding hydrogens is 390 g/mol. The van der Waals surface area contributed by atoms with E-state index in [1.165, 1.54) is 0 Å². The van der Waals surface area contributed by atoms with E-state index in [-0.39, 0.29) is 12.3 Å². The molecule has 0 spiro atoms. The van der Waals surface area contributed by atoms with Crippen molar-refractivity contribution in [1.82, 2.24) is 15.1 Å². The molecule has 2 unspecified atom stereocenters. The number of benzene rings is 2. The van der Waals surface area contributed by atoms with Gasteiger partial charge in [0.15, 0.2) is 0 Å². The fourth-order valence-corrected chi connectivity index (χ4v) is 4.00. The second-order valence-electron chi connectivity index (χ2n) is 9.18. The Morgan fingerprint density at radius 2 is 2.03 bits per heavy atom. The van der Waals surface area contributed by atoms with Crippen LogP contribution in [0.4, 0.5) is 4.79 Å². The molecule has 2 aromatic carbocycles. The highest BCUT2D eigenvalue weighted by Crippen LogP contribution is 2.32. The van der Waals surface area contributed by atoms with Gasteiger partial charge in [0.05, 0.1) is 12.2 Å². The van der Waals surface area contributed by atoms with Crippen LogP contribution in [0.1, 0.15) is 64.8 Å². The summed E-state index contributed by atoms with van der Waals surface area (Å²) >= 11 is 0. The van der Waals surface area contributed by atoms with Crippen LogP contribution >= 0.6 is 0 Å². The lowest BCUT2D eigenvalue weighted by molar-refractivity contribution is -0.0394. The zero-order valence-electron chi connectivity index (χ0n) is 18.7. The van der Waals surface area contributed by atoms with Crippen molar-refractivity contribution in [1.29, 1.82) is 0 Å². The number of aromatic nitrogens is 2. The van der Waals surface area contributed by atoms with Crippen molar-refractivity contribution in [3.63, 3.8) is 0 Å². The van der Waals surface area contributed by atoms with Gasteiger partial charge in [-0.2, -0.15) is 5.10 Å². The number of alkyl carbamates (subject to hydrolysis) is 1. The van der Waals surface area contributed by atoms with E-state index >= 15 is 0 Å². The van der Waals surface area contributed by atoms with Crippen molar-refractivity contribution in [2.24, 2.45) is 0 Å². The third-order valence-corrected chi connectivity index (χ3v) is 5.48. The Bertz CT molecular complexity index is 1060. The Morgan fingerprint density at radius 3 is 2.77 bits per heavy atom. The van der Waals surface area contributed by atoms with Crippen molar-refractivity contribution >= 4 is 16.9 Å². The zero-order valence-corrected chi connectivity index (χ0v) is 18.7. The lowest BCUT2D eigenvalue weighted by Crippen LogP contribution is -2.34. The molecule has 2 heterocycles. The van der Waals surface area contributed by atoms with Crippen molar-refractivity contribution in [3.05, 3.63) is 54.4 Å². The van der Waals surface area contributed by atoms with Gasteiger partial charge < -0.3 is 14.8 Å².